The minimum atomic E-state index is -0.664. The van der Waals surface area contributed by atoms with Gasteiger partial charge in [-0.3, -0.25) is 14.5 Å². The van der Waals surface area contributed by atoms with Gasteiger partial charge in [0.05, 0.1) is 13.0 Å². The lowest BCUT2D eigenvalue weighted by Gasteiger charge is -2.24. The molecular weight excluding hydrogens is 282 g/mol. The molecule has 9 nitrogen and oxygen atoms in total. The summed E-state index contributed by atoms with van der Waals surface area (Å²) in [5, 5.41) is 10.8. The van der Waals surface area contributed by atoms with E-state index < -0.39 is 22.6 Å². The number of amides is 1. The van der Waals surface area contributed by atoms with Gasteiger partial charge in [-0.05, 0) is 22.9 Å². The quantitative estimate of drug-likeness (QED) is 0.445. The summed E-state index contributed by atoms with van der Waals surface area (Å²) in [6.45, 7) is 1.76. The van der Waals surface area contributed by atoms with Crippen LogP contribution in [0.15, 0.2) is 12.1 Å². The van der Waals surface area contributed by atoms with Gasteiger partial charge in [0.1, 0.15) is 0 Å². The first-order valence-electron chi connectivity index (χ1n) is 6.27. The standard InChI is InChI=1S/C12H13N3O6/c1-2-20-11(17)5-6-14-10(16)7-21-8-3-4-9(15(18)19)13-12(8)14/h3-4H,2,5-7H2,1H3. The van der Waals surface area contributed by atoms with Crippen molar-refractivity contribution in [2.75, 3.05) is 24.7 Å². The molecule has 1 aliphatic heterocycles. The van der Waals surface area contributed by atoms with E-state index in [-0.39, 0.29) is 37.7 Å². The van der Waals surface area contributed by atoms with E-state index in [2.05, 4.69) is 4.98 Å². The zero-order chi connectivity index (χ0) is 15.4. The lowest BCUT2D eigenvalue weighted by atomic mass is 10.3. The van der Waals surface area contributed by atoms with Gasteiger partial charge in [0.15, 0.2) is 12.4 Å². The molecule has 1 aliphatic rings. The van der Waals surface area contributed by atoms with E-state index in [9.17, 15) is 19.7 Å². The molecule has 0 unspecified atom stereocenters. The van der Waals surface area contributed by atoms with Crippen molar-refractivity contribution in [3.63, 3.8) is 0 Å². The molecule has 0 radical (unpaired) electrons. The lowest BCUT2D eigenvalue weighted by molar-refractivity contribution is -0.389. The molecule has 21 heavy (non-hydrogen) atoms. The van der Waals surface area contributed by atoms with Crippen LogP contribution in [0.3, 0.4) is 0 Å². The van der Waals surface area contributed by atoms with E-state index in [1.807, 2.05) is 0 Å². The molecule has 2 heterocycles. The van der Waals surface area contributed by atoms with E-state index >= 15 is 0 Å². The van der Waals surface area contributed by atoms with E-state index in [0.29, 0.717) is 0 Å². The Morgan fingerprint density at radius 2 is 2.33 bits per heavy atom. The molecule has 0 fully saturated rings. The van der Waals surface area contributed by atoms with E-state index in [1.165, 1.54) is 17.0 Å². The first kappa shape index (κ1) is 14.7. The molecule has 2 rings (SSSR count). The summed E-state index contributed by atoms with van der Waals surface area (Å²) < 4.78 is 9.94. The Bertz CT molecular complexity index is 588. The van der Waals surface area contributed by atoms with Crippen molar-refractivity contribution in [2.45, 2.75) is 13.3 Å². The number of ether oxygens (including phenoxy) is 2. The first-order valence-corrected chi connectivity index (χ1v) is 6.27. The summed E-state index contributed by atoms with van der Waals surface area (Å²) in [6, 6.07) is 2.57. The molecule has 0 spiro atoms. The van der Waals surface area contributed by atoms with Crippen LogP contribution in [0.2, 0.25) is 0 Å². The molecule has 0 saturated heterocycles. The zero-order valence-electron chi connectivity index (χ0n) is 11.3. The number of rotatable bonds is 5. The molecular formula is C12H13N3O6. The smallest absolute Gasteiger partial charge is 0.366 e. The average molecular weight is 295 g/mol. The largest absolute Gasteiger partial charge is 0.477 e. The SMILES string of the molecule is CCOC(=O)CCN1C(=O)COc2ccc([N+](=O)[O-])nc21. The van der Waals surface area contributed by atoms with Crippen molar-refractivity contribution in [1.82, 2.24) is 4.98 Å². The van der Waals surface area contributed by atoms with Crippen molar-refractivity contribution in [2.24, 2.45) is 0 Å². The van der Waals surface area contributed by atoms with Crippen LogP contribution in [0.5, 0.6) is 5.75 Å². The van der Waals surface area contributed by atoms with Crippen molar-refractivity contribution in [3.8, 4) is 5.75 Å². The minimum absolute atomic E-state index is 0.0244. The Kier molecular flexibility index (Phi) is 4.31. The fourth-order valence-electron chi connectivity index (χ4n) is 1.84. The Morgan fingerprint density at radius 3 is 3.00 bits per heavy atom. The molecule has 0 aliphatic carbocycles. The maximum Gasteiger partial charge on any atom is 0.366 e. The fourth-order valence-corrected chi connectivity index (χ4v) is 1.84. The minimum Gasteiger partial charge on any atom is -0.477 e. The highest BCUT2D eigenvalue weighted by atomic mass is 16.6. The van der Waals surface area contributed by atoms with Crippen molar-refractivity contribution < 1.29 is 24.0 Å². The van der Waals surface area contributed by atoms with Gasteiger partial charge in [0.25, 0.3) is 11.7 Å². The Labute approximate surface area is 119 Å². The second-order valence-electron chi connectivity index (χ2n) is 4.14. The van der Waals surface area contributed by atoms with Crippen LogP contribution in [0, 0.1) is 10.1 Å². The predicted octanol–water partition coefficient (Wildman–Crippen LogP) is 0.668. The number of fused-ring (bicyclic) bond motifs is 1. The van der Waals surface area contributed by atoms with Gasteiger partial charge in [0.2, 0.25) is 0 Å². The summed E-state index contributed by atoms with van der Waals surface area (Å²) in [5.74, 6) is -0.953. The summed E-state index contributed by atoms with van der Waals surface area (Å²) in [5.41, 5.74) is 0. The fraction of sp³-hybridized carbons (Fsp3) is 0.417. The van der Waals surface area contributed by atoms with Crippen molar-refractivity contribution in [3.05, 3.63) is 22.2 Å². The zero-order valence-corrected chi connectivity index (χ0v) is 11.3. The Morgan fingerprint density at radius 1 is 1.57 bits per heavy atom. The second kappa shape index (κ2) is 6.16. The molecule has 0 aromatic carbocycles. The maximum atomic E-state index is 11.8. The van der Waals surface area contributed by atoms with Gasteiger partial charge >= 0.3 is 11.8 Å². The van der Waals surface area contributed by atoms with Crippen LogP contribution < -0.4 is 9.64 Å². The lowest BCUT2D eigenvalue weighted by Crippen LogP contribution is -2.40. The third kappa shape index (κ3) is 3.25. The second-order valence-corrected chi connectivity index (χ2v) is 4.14. The molecule has 1 aromatic rings. The highest BCUT2D eigenvalue weighted by Gasteiger charge is 2.32. The van der Waals surface area contributed by atoms with Crippen molar-refractivity contribution >= 4 is 23.5 Å². The van der Waals surface area contributed by atoms with Crippen LogP contribution >= 0.6 is 0 Å². The highest BCUT2D eigenvalue weighted by molar-refractivity contribution is 5.97. The molecule has 1 amide bonds. The number of nitro groups is 1. The van der Waals surface area contributed by atoms with Crippen LogP contribution in [-0.4, -0.2) is 41.5 Å². The predicted molar refractivity (Wildman–Crippen MR) is 70.0 cm³/mol. The van der Waals surface area contributed by atoms with Gasteiger partial charge < -0.3 is 19.6 Å². The van der Waals surface area contributed by atoms with Gasteiger partial charge in [-0.15, -0.1) is 0 Å². The molecule has 1 aromatic heterocycles. The molecule has 0 saturated carbocycles. The first-order chi connectivity index (χ1) is 10.0. The van der Waals surface area contributed by atoms with Gasteiger partial charge in [-0.25, -0.2) is 0 Å². The highest BCUT2D eigenvalue weighted by Crippen LogP contribution is 2.31. The number of pyridine rings is 1. The average Bonchev–Trinajstić information content (AvgIpc) is 2.45. The summed E-state index contributed by atoms with van der Waals surface area (Å²) in [6.07, 6.45) is -0.0244. The van der Waals surface area contributed by atoms with E-state index in [0.717, 1.165) is 0 Å². The number of esters is 1. The van der Waals surface area contributed by atoms with Crippen LogP contribution in [0.1, 0.15) is 13.3 Å². The Balaban J connectivity index is 2.22. The summed E-state index contributed by atoms with van der Waals surface area (Å²) in [4.78, 5) is 38.3. The molecule has 112 valence electrons. The third-order valence-electron chi connectivity index (χ3n) is 2.76. The number of hydrogen-bond acceptors (Lipinski definition) is 7. The van der Waals surface area contributed by atoms with Crippen LogP contribution in [0.25, 0.3) is 0 Å². The Hall–Kier alpha value is -2.71. The third-order valence-corrected chi connectivity index (χ3v) is 2.76. The molecule has 0 N–H and O–H groups in total. The monoisotopic (exact) mass is 295 g/mol. The number of carbonyl (C=O) groups excluding carboxylic acids is 2. The molecule has 0 atom stereocenters. The van der Waals surface area contributed by atoms with Gasteiger partial charge in [-0.2, -0.15) is 0 Å². The van der Waals surface area contributed by atoms with Crippen molar-refractivity contribution in [1.29, 1.82) is 0 Å². The number of hydrogen-bond donors (Lipinski definition) is 0. The summed E-state index contributed by atoms with van der Waals surface area (Å²) >= 11 is 0. The van der Waals surface area contributed by atoms with Crippen LogP contribution in [-0.2, 0) is 14.3 Å². The van der Waals surface area contributed by atoms with Gasteiger partial charge in [0, 0.05) is 12.6 Å². The van der Waals surface area contributed by atoms with E-state index in [1.54, 1.807) is 6.92 Å². The topological polar surface area (TPSA) is 112 Å². The maximum absolute atomic E-state index is 11.8. The molecule has 9 heteroatoms. The summed E-state index contributed by atoms with van der Waals surface area (Å²) in [7, 11) is 0. The number of carbonyl (C=O) groups is 2. The number of anilines is 1. The van der Waals surface area contributed by atoms with Crippen LogP contribution in [0.4, 0.5) is 11.6 Å². The molecule has 0 bridgehead atoms. The number of aromatic nitrogens is 1. The number of nitrogens with zero attached hydrogens (tertiary/aromatic N) is 3. The van der Waals surface area contributed by atoms with Gasteiger partial charge in [-0.1, -0.05) is 0 Å². The normalized spacial score (nSPS) is 13.4. The van der Waals surface area contributed by atoms with E-state index in [4.69, 9.17) is 9.47 Å².